The molecule has 8 nitrogen and oxygen atoms in total. The smallest absolute Gasteiger partial charge is 0.407 e. The number of nitrogens with one attached hydrogen (secondary N) is 1. The minimum Gasteiger partial charge on any atom is -0.444 e. The quantitative estimate of drug-likeness (QED) is 0.333. The third-order valence-corrected chi connectivity index (χ3v) is 6.99. The highest BCUT2D eigenvalue weighted by Crippen LogP contribution is 2.43. The number of carbonyl (C=O) groups is 4. The summed E-state index contributed by atoms with van der Waals surface area (Å²) < 4.78 is 7.52. The number of fused-ring (bicyclic) bond motifs is 8. The molecule has 188 valence electrons. The van der Waals surface area contributed by atoms with E-state index in [0.29, 0.717) is 56.3 Å². The fraction of sp³-hybridized carbons (Fsp3) is 0.429. The van der Waals surface area contributed by atoms with Crippen molar-refractivity contribution in [2.24, 2.45) is 0 Å². The molecule has 0 unspecified atom stereocenters. The lowest BCUT2D eigenvalue weighted by Gasteiger charge is -2.20. The maximum Gasteiger partial charge on any atom is 0.407 e. The van der Waals surface area contributed by atoms with Crippen LogP contribution in [0.3, 0.4) is 0 Å². The van der Waals surface area contributed by atoms with E-state index in [1.54, 1.807) is 0 Å². The second-order valence-electron chi connectivity index (χ2n) is 10.6. The highest BCUT2D eigenvalue weighted by Gasteiger charge is 2.40. The second kappa shape index (κ2) is 8.76. The number of aromatic nitrogens is 1. The largest absolute Gasteiger partial charge is 0.444 e. The van der Waals surface area contributed by atoms with E-state index in [-0.39, 0.29) is 17.6 Å². The molecule has 2 aromatic carbocycles. The van der Waals surface area contributed by atoms with Crippen LogP contribution in [0.1, 0.15) is 71.9 Å². The van der Waals surface area contributed by atoms with Gasteiger partial charge in [0.1, 0.15) is 11.4 Å². The summed E-state index contributed by atoms with van der Waals surface area (Å²) in [6.45, 7) is 6.49. The molecule has 0 atom stereocenters. The number of imide groups is 1. The lowest BCUT2D eigenvalue weighted by atomic mass is 9.89. The van der Waals surface area contributed by atoms with E-state index in [9.17, 15) is 19.2 Å². The Morgan fingerprint density at radius 2 is 1.64 bits per heavy atom. The average Bonchev–Trinajstić information content (AvgIpc) is 3.15. The number of carbonyl (C=O) groups excluding carboxylic acids is 4. The van der Waals surface area contributed by atoms with Crippen LogP contribution in [0.15, 0.2) is 24.3 Å². The van der Waals surface area contributed by atoms with Crippen molar-refractivity contribution in [2.45, 2.75) is 65.0 Å². The van der Waals surface area contributed by atoms with Gasteiger partial charge in [-0.05, 0) is 57.2 Å². The average molecular weight is 490 g/mol. The topological polar surface area (TPSA) is 97.7 Å². The standard InChI is InChI=1S/C28H31N3O5/c1-28(2,3)36-27(35)29-14-7-15-31-20-9-6-5-8-19(20)21-23-22(25(33)30(4)26(23)34)17-12-10-16(32)11-13-18(17)24(21)31/h5-6,8-9H,7,10-15H2,1-4H3,(H,29,35). The van der Waals surface area contributed by atoms with Crippen LogP contribution in [0.4, 0.5) is 4.79 Å². The molecule has 2 aliphatic rings. The van der Waals surface area contributed by atoms with Crippen molar-refractivity contribution < 1.29 is 23.9 Å². The number of ether oxygens (including phenoxy) is 1. The molecule has 5 rings (SSSR count). The van der Waals surface area contributed by atoms with Gasteiger partial charge in [0.25, 0.3) is 11.8 Å². The summed E-state index contributed by atoms with van der Waals surface area (Å²) in [4.78, 5) is 52.2. The number of ketones is 1. The third kappa shape index (κ3) is 3.94. The van der Waals surface area contributed by atoms with Gasteiger partial charge in [-0.2, -0.15) is 0 Å². The number of benzene rings is 2. The Hall–Kier alpha value is -3.68. The number of aryl methyl sites for hydroxylation is 2. The molecule has 2 heterocycles. The summed E-state index contributed by atoms with van der Waals surface area (Å²) in [6.07, 6.45) is 1.97. The maximum absolute atomic E-state index is 13.3. The molecular formula is C28H31N3O5. The lowest BCUT2D eigenvalue weighted by Crippen LogP contribution is -2.33. The van der Waals surface area contributed by atoms with Gasteiger partial charge >= 0.3 is 6.09 Å². The monoisotopic (exact) mass is 489 g/mol. The Labute approximate surface area is 209 Å². The Bertz CT molecular complexity index is 1440. The van der Waals surface area contributed by atoms with Crippen molar-refractivity contribution in [1.29, 1.82) is 0 Å². The Morgan fingerprint density at radius 1 is 0.972 bits per heavy atom. The number of Topliss-reactive ketones (excluding diaryl/α,β-unsaturated/α-hetero) is 1. The van der Waals surface area contributed by atoms with Crippen LogP contribution in [0.5, 0.6) is 0 Å². The van der Waals surface area contributed by atoms with Gasteiger partial charge in [-0.3, -0.25) is 19.3 Å². The van der Waals surface area contributed by atoms with Gasteiger partial charge in [0.15, 0.2) is 0 Å². The fourth-order valence-electron chi connectivity index (χ4n) is 5.49. The molecule has 1 aliphatic carbocycles. The zero-order chi connectivity index (χ0) is 25.8. The fourth-order valence-corrected chi connectivity index (χ4v) is 5.49. The van der Waals surface area contributed by atoms with Gasteiger partial charge in [0, 0.05) is 49.3 Å². The summed E-state index contributed by atoms with van der Waals surface area (Å²) in [5.74, 6) is -0.420. The van der Waals surface area contributed by atoms with Crippen molar-refractivity contribution in [2.75, 3.05) is 13.6 Å². The molecule has 8 heteroatoms. The number of hydrogen-bond acceptors (Lipinski definition) is 5. The van der Waals surface area contributed by atoms with Gasteiger partial charge in [-0.15, -0.1) is 0 Å². The van der Waals surface area contributed by atoms with Crippen molar-refractivity contribution in [3.05, 3.63) is 46.5 Å². The van der Waals surface area contributed by atoms with Crippen molar-refractivity contribution >= 4 is 45.5 Å². The van der Waals surface area contributed by atoms with Crippen LogP contribution in [0.2, 0.25) is 0 Å². The van der Waals surface area contributed by atoms with Crippen LogP contribution >= 0.6 is 0 Å². The van der Waals surface area contributed by atoms with Gasteiger partial charge in [-0.25, -0.2) is 4.79 Å². The van der Waals surface area contributed by atoms with Crippen molar-refractivity contribution in [3.63, 3.8) is 0 Å². The Kier molecular flexibility index (Phi) is 5.85. The summed E-state index contributed by atoms with van der Waals surface area (Å²) in [5, 5.41) is 4.52. The normalized spacial score (nSPS) is 15.9. The first kappa shape index (κ1) is 24.0. The van der Waals surface area contributed by atoms with Crippen LogP contribution in [0, 0.1) is 0 Å². The number of alkyl carbamates (subject to hydrolysis) is 1. The molecule has 0 saturated heterocycles. The molecule has 0 saturated carbocycles. The summed E-state index contributed by atoms with van der Waals surface area (Å²) in [6, 6.07) is 7.89. The maximum atomic E-state index is 13.3. The van der Waals surface area contributed by atoms with E-state index < -0.39 is 11.7 Å². The van der Waals surface area contributed by atoms with E-state index in [4.69, 9.17) is 4.74 Å². The van der Waals surface area contributed by atoms with Gasteiger partial charge in [-0.1, -0.05) is 18.2 Å². The molecule has 0 bridgehead atoms. The lowest BCUT2D eigenvalue weighted by molar-refractivity contribution is -0.118. The molecule has 3 amide bonds. The molecule has 1 N–H and O–H groups in total. The molecule has 36 heavy (non-hydrogen) atoms. The highest BCUT2D eigenvalue weighted by molar-refractivity contribution is 6.31. The van der Waals surface area contributed by atoms with Gasteiger partial charge in [0.2, 0.25) is 0 Å². The van der Waals surface area contributed by atoms with Crippen LogP contribution < -0.4 is 5.32 Å². The first-order chi connectivity index (χ1) is 17.1. The van der Waals surface area contributed by atoms with E-state index in [1.165, 1.54) is 11.9 Å². The molecule has 3 aromatic rings. The number of nitrogens with zero attached hydrogens (tertiary/aromatic N) is 2. The molecular weight excluding hydrogens is 458 g/mol. The van der Waals surface area contributed by atoms with Crippen LogP contribution in [0.25, 0.3) is 21.8 Å². The summed E-state index contributed by atoms with van der Waals surface area (Å²) in [7, 11) is 1.52. The number of hydrogen-bond donors (Lipinski definition) is 1. The van der Waals surface area contributed by atoms with E-state index in [2.05, 4.69) is 9.88 Å². The molecule has 0 fully saturated rings. The van der Waals surface area contributed by atoms with E-state index >= 15 is 0 Å². The van der Waals surface area contributed by atoms with E-state index in [1.807, 2.05) is 45.0 Å². The molecule has 1 aliphatic heterocycles. The first-order valence-corrected chi connectivity index (χ1v) is 12.5. The van der Waals surface area contributed by atoms with Crippen LogP contribution in [-0.2, 0) is 28.9 Å². The molecule has 1 aromatic heterocycles. The molecule has 0 spiro atoms. The molecule has 0 radical (unpaired) electrons. The Morgan fingerprint density at radius 3 is 2.36 bits per heavy atom. The minimum absolute atomic E-state index is 0.169. The summed E-state index contributed by atoms with van der Waals surface area (Å²) in [5.41, 5.74) is 4.06. The number of para-hydroxylation sites is 1. The summed E-state index contributed by atoms with van der Waals surface area (Å²) >= 11 is 0. The zero-order valence-electron chi connectivity index (χ0n) is 21.2. The second-order valence-corrected chi connectivity index (χ2v) is 10.6. The van der Waals surface area contributed by atoms with Crippen LogP contribution in [-0.4, -0.2) is 52.4 Å². The van der Waals surface area contributed by atoms with Crippen molar-refractivity contribution in [1.82, 2.24) is 14.8 Å². The number of rotatable bonds is 4. The predicted molar refractivity (Wildman–Crippen MR) is 136 cm³/mol. The third-order valence-electron chi connectivity index (χ3n) is 6.99. The number of amides is 3. The first-order valence-electron chi connectivity index (χ1n) is 12.5. The zero-order valence-corrected chi connectivity index (χ0v) is 21.2. The predicted octanol–water partition coefficient (Wildman–Crippen LogP) is 4.38. The Balaban J connectivity index is 1.63. The van der Waals surface area contributed by atoms with Crippen molar-refractivity contribution in [3.8, 4) is 0 Å². The SMILES string of the molecule is CN1C(=O)c2c3c(c4c(c2C1=O)c1ccccc1n4CCCNC(=O)OC(C)(C)C)CCC(=O)CC3. The highest BCUT2D eigenvalue weighted by atomic mass is 16.6. The van der Waals surface area contributed by atoms with E-state index in [0.717, 1.165) is 32.9 Å². The minimum atomic E-state index is -0.566. The van der Waals surface area contributed by atoms with Gasteiger partial charge in [0.05, 0.1) is 16.6 Å². The van der Waals surface area contributed by atoms with Gasteiger partial charge < -0.3 is 14.6 Å².